The predicted octanol–water partition coefficient (Wildman–Crippen LogP) is 4.51. The normalized spacial score (nSPS) is 18.3. The minimum atomic E-state index is -0.976. The third-order valence-corrected chi connectivity index (χ3v) is 8.04. The molecule has 10 nitrogen and oxygen atoms in total. The largest absolute Gasteiger partial charge is 0.478 e. The van der Waals surface area contributed by atoms with Gasteiger partial charge < -0.3 is 25.0 Å². The molecule has 0 spiro atoms. The molecule has 0 radical (unpaired) electrons. The number of hydrogen-bond acceptors (Lipinski definition) is 8. The van der Waals surface area contributed by atoms with Crippen LogP contribution in [0.5, 0.6) is 0 Å². The smallest absolute Gasteiger partial charge is 0.336 e. The minimum absolute atomic E-state index is 0.0482. The van der Waals surface area contributed by atoms with Crippen molar-refractivity contribution in [2.75, 3.05) is 5.75 Å². The molecule has 0 bridgehead atoms. The number of hydrogen-bond donors (Lipinski definition) is 5. The van der Waals surface area contributed by atoms with Crippen molar-refractivity contribution in [1.29, 1.82) is 0 Å². The van der Waals surface area contributed by atoms with Crippen molar-refractivity contribution < 1.29 is 39.3 Å². The van der Waals surface area contributed by atoms with Gasteiger partial charge in [-0.15, -0.1) is 11.8 Å². The van der Waals surface area contributed by atoms with Crippen molar-refractivity contribution in [2.24, 2.45) is 0 Å². The maximum Gasteiger partial charge on any atom is 0.336 e. The molecular weight excluding hydrogens is 560 g/mol. The number of carbonyl (C=O) groups excluding carboxylic acids is 2. The van der Waals surface area contributed by atoms with Crippen molar-refractivity contribution in [1.82, 2.24) is 10.8 Å². The summed E-state index contributed by atoms with van der Waals surface area (Å²) in [6, 6.07) is 22.0. The highest BCUT2D eigenvalue weighted by atomic mass is 32.2. The summed E-state index contributed by atoms with van der Waals surface area (Å²) < 4.78 is 12.7. The van der Waals surface area contributed by atoms with Crippen molar-refractivity contribution in [3.05, 3.63) is 101 Å². The Balaban J connectivity index is 1.42. The van der Waals surface area contributed by atoms with Gasteiger partial charge in [-0.3, -0.25) is 14.8 Å². The van der Waals surface area contributed by atoms with E-state index in [4.69, 9.17) is 14.7 Å². The molecule has 2 amide bonds. The van der Waals surface area contributed by atoms with Crippen LogP contribution >= 0.6 is 11.8 Å². The number of aromatic carboxylic acids is 1. The molecule has 1 fully saturated rings. The lowest BCUT2D eigenvalue weighted by Gasteiger charge is -2.36. The third-order valence-electron chi connectivity index (χ3n) is 6.83. The lowest BCUT2D eigenvalue weighted by molar-refractivity contribution is -0.245. The maximum atomic E-state index is 12.1. The van der Waals surface area contributed by atoms with Crippen LogP contribution in [-0.2, 0) is 32.2 Å². The molecular formula is C31H34N2O8S. The van der Waals surface area contributed by atoms with Gasteiger partial charge in [-0.05, 0) is 35.2 Å². The lowest BCUT2D eigenvalue weighted by Crippen LogP contribution is -2.31. The van der Waals surface area contributed by atoms with Crippen LogP contribution in [0.1, 0.15) is 70.7 Å². The predicted molar refractivity (Wildman–Crippen MR) is 155 cm³/mol. The van der Waals surface area contributed by atoms with Gasteiger partial charge in [0.2, 0.25) is 11.8 Å². The number of carbonyl (C=O) groups is 3. The lowest BCUT2D eigenvalue weighted by atomic mass is 10.0. The summed E-state index contributed by atoms with van der Waals surface area (Å²) >= 11 is 1.43. The summed E-state index contributed by atoms with van der Waals surface area (Å²) in [4.78, 5) is 35.5. The third kappa shape index (κ3) is 8.88. The van der Waals surface area contributed by atoms with E-state index in [1.54, 1.807) is 23.7 Å². The number of hydroxylamine groups is 1. The Morgan fingerprint density at radius 2 is 1.52 bits per heavy atom. The molecule has 42 heavy (non-hydrogen) atoms. The average Bonchev–Trinajstić information content (AvgIpc) is 3.03. The highest BCUT2D eigenvalue weighted by Gasteiger charge is 2.32. The van der Waals surface area contributed by atoms with Crippen molar-refractivity contribution >= 4 is 29.5 Å². The zero-order chi connectivity index (χ0) is 29.9. The van der Waals surface area contributed by atoms with Crippen LogP contribution in [0.2, 0.25) is 0 Å². The fourth-order valence-corrected chi connectivity index (χ4v) is 5.59. The molecule has 222 valence electrons. The molecule has 1 heterocycles. The van der Waals surface area contributed by atoms with Crippen LogP contribution in [-0.4, -0.2) is 45.1 Å². The number of nitrogens with one attached hydrogen (secondary N) is 2. The first-order valence-corrected chi connectivity index (χ1v) is 14.6. The van der Waals surface area contributed by atoms with Gasteiger partial charge in [0.15, 0.2) is 6.29 Å². The molecule has 0 aliphatic carbocycles. The fourth-order valence-electron chi connectivity index (χ4n) is 4.52. The van der Waals surface area contributed by atoms with Gasteiger partial charge in [0, 0.05) is 42.0 Å². The van der Waals surface area contributed by atoms with Crippen LogP contribution < -0.4 is 10.8 Å². The number of carboxylic acid groups (broad SMARTS) is 1. The second-order valence-electron chi connectivity index (χ2n) is 9.87. The quantitative estimate of drug-likeness (QED) is 0.109. The molecule has 4 rings (SSSR count). The fraction of sp³-hybridized carbons (Fsp3) is 0.323. The molecule has 3 unspecified atom stereocenters. The van der Waals surface area contributed by atoms with E-state index in [0.29, 0.717) is 30.0 Å². The molecule has 1 aliphatic rings. The van der Waals surface area contributed by atoms with Crippen LogP contribution in [0.3, 0.4) is 0 Å². The number of rotatable bonds is 13. The van der Waals surface area contributed by atoms with Gasteiger partial charge in [-0.1, -0.05) is 60.7 Å². The summed E-state index contributed by atoms with van der Waals surface area (Å²) in [7, 11) is 0. The Morgan fingerprint density at radius 3 is 2.21 bits per heavy atom. The Kier molecular flexibility index (Phi) is 11.5. The molecule has 3 atom stereocenters. The summed E-state index contributed by atoms with van der Waals surface area (Å²) in [6.07, 6.45) is -0.0265. The van der Waals surface area contributed by atoms with Crippen molar-refractivity contribution in [2.45, 2.75) is 62.2 Å². The molecule has 3 aromatic carbocycles. The summed E-state index contributed by atoms with van der Waals surface area (Å²) in [5, 5.41) is 30.3. The van der Waals surface area contributed by atoms with Crippen LogP contribution in [0.4, 0.5) is 0 Å². The van der Waals surface area contributed by atoms with Gasteiger partial charge in [0.05, 0.1) is 24.4 Å². The van der Waals surface area contributed by atoms with Gasteiger partial charge in [0.25, 0.3) is 0 Å². The second-order valence-corrected chi connectivity index (χ2v) is 10.9. The highest BCUT2D eigenvalue weighted by Crippen LogP contribution is 2.39. The van der Waals surface area contributed by atoms with E-state index in [1.807, 2.05) is 54.6 Å². The molecule has 0 saturated carbocycles. The number of aliphatic hydroxyl groups excluding tert-OH is 1. The van der Waals surface area contributed by atoms with E-state index in [-0.39, 0.29) is 43.1 Å². The first-order chi connectivity index (χ1) is 20.4. The topological polar surface area (TPSA) is 154 Å². The SMILES string of the molecule is O=C(CCCC(=O)NCc1ccc(C2OC(CSc3ccccc3C(=O)O)CC(c3ccc(CO)cc3)O2)cc1)NO. The number of thioether (sulfide) groups is 1. The Hall–Kier alpha value is -3.74. The first-order valence-electron chi connectivity index (χ1n) is 13.6. The number of ether oxygens (including phenoxy) is 2. The van der Waals surface area contributed by atoms with E-state index in [9.17, 15) is 24.6 Å². The number of amides is 2. The van der Waals surface area contributed by atoms with E-state index in [2.05, 4.69) is 5.32 Å². The van der Waals surface area contributed by atoms with Gasteiger partial charge in [0.1, 0.15) is 0 Å². The van der Waals surface area contributed by atoms with E-state index < -0.39 is 18.2 Å². The zero-order valence-electron chi connectivity index (χ0n) is 22.9. The van der Waals surface area contributed by atoms with E-state index in [1.165, 1.54) is 11.8 Å². The van der Waals surface area contributed by atoms with E-state index >= 15 is 0 Å². The summed E-state index contributed by atoms with van der Waals surface area (Å²) in [5.74, 6) is -1.17. The summed E-state index contributed by atoms with van der Waals surface area (Å²) in [5.41, 5.74) is 5.24. The van der Waals surface area contributed by atoms with Crippen LogP contribution in [0.15, 0.2) is 77.7 Å². The number of aliphatic hydroxyl groups is 1. The number of benzene rings is 3. The summed E-state index contributed by atoms with van der Waals surface area (Å²) in [6.45, 7) is 0.271. The van der Waals surface area contributed by atoms with Crippen molar-refractivity contribution in [3.63, 3.8) is 0 Å². The van der Waals surface area contributed by atoms with Gasteiger partial charge >= 0.3 is 5.97 Å². The van der Waals surface area contributed by atoms with Gasteiger partial charge in [-0.25, -0.2) is 10.3 Å². The average molecular weight is 595 g/mol. The monoisotopic (exact) mass is 594 g/mol. The van der Waals surface area contributed by atoms with Crippen LogP contribution in [0.25, 0.3) is 0 Å². The Morgan fingerprint density at radius 1 is 0.857 bits per heavy atom. The Bertz CT molecular complexity index is 1350. The molecule has 3 aromatic rings. The molecule has 1 aliphatic heterocycles. The van der Waals surface area contributed by atoms with Crippen molar-refractivity contribution in [3.8, 4) is 0 Å². The zero-order valence-corrected chi connectivity index (χ0v) is 23.7. The second kappa shape index (κ2) is 15.5. The molecule has 1 saturated heterocycles. The molecule has 11 heteroatoms. The maximum absolute atomic E-state index is 12.1. The van der Waals surface area contributed by atoms with Gasteiger partial charge in [-0.2, -0.15) is 0 Å². The standard InChI is InChI=1S/C31H34N2O8S/c34-18-21-10-12-22(13-11-21)26-16-24(19-42-27-5-2-1-4-25(27)30(37)38)40-31(41-26)23-14-8-20(9-15-23)17-32-28(35)6-3-7-29(36)33-39/h1-2,4-5,8-15,24,26,31,34,39H,3,6-7,16-19H2,(H,32,35)(H,33,36)(H,37,38). The number of carboxylic acids is 1. The minimum Gasteiger partial charge on any atom is -0.478 e. The highest BCUT2D eigenvalue weighted by molar-refractivity contribution is 7.99. The first kappa shape index (κ1) is 31.2. The molecule has 5 N–H and O–H groups in total. The molecule has 0 aromatic heterocycles. The van der Waals surface area contributed by atoms with Crippen LogP contribution in [0, 0.1) is 0 Å². The van der Waals surface area contributed by atoms with E-state index in [0.717, 1.165) is 22.3 Å². The Labute approximate surface area is 248 Å².